The summed E-state index contributed by atoms with van der Waals surface area (Å²) in [7, 11) is 0. The Morgan fingerprint density at radius 3 is 1.72 bits per heavy atom. The van der Waals surface area contributed by atoms with Gasteiger partial charge < -0.3 is 9.13 Å². The fourth-order valence-corrected chi connectivity index (χ4v) is 7.45. The summed E-state index contributed by atoms with van der Waals surface area (Å²) in [5.74, 6) is 0. The zero-order valence-corrected chi connectivity index (χ0v) is 29.3. The quantitative estimate of drug-likeness (QED) is 0.176. The smallest absolute Gasteiger partial charge is 0.212 e. The topological polar surface area (TPSA) is 38.0 Å². The lowest BCUT2D eigenvalue weighted by atomic mass is 9.85. The molecule has 0 N–H and O–H groups in total. The Hall–Kier alpha value is -6.10. The highest BCUT2D eigenvalue weighted by atomic mass is 15.0. The Bertz CT molecular complexity index is 2660. The first-order valence-corrected chi connectivity index (χ1v) is 17.1. The highest BCUT2D eigenvalue weighted by Gasteiger charge is 2.25. The van der Waals surface area contributed by atoms with E-state index < -0.39 is 0 Å². The van der Waals surface area contributed by atoms with Gasteiger partial charge in [-0.2, -0.15) is 5.26 Å². The van der Waals surface area contributed by atoms with Gasteiger partial charge >= 0.3 is 0 Å². The predicted octanol–water partition coefficient (Wildman–Crippen LogP) is 12.6. The van der Waals surface area contributed by atoms with E-state index in [-0.39, 0.29) is 10.8 Å². The van der Waals surface area contributed by atoms with E-state index in [1.165, 1.54) is 21.9 Å². The third kappa shape index (κ3) is 4.80. The van der Waals surface area contributed by atoms with Crippen LogP contribution in [0.2, 0.25) is 0 Å². The molecule has 2 aromatic heterocycles. The molecule has 0 amide bonds. The maximum atomic E-state index is 10.1. The predicted molar refractivity (Wildman–Crippen MR) is 209 cm³/mol. The van der Waals surface area contributed by atoms with Gasteiger partial charge in [0.1, 0.15) is 0 Å². The largest absolute Gasteiger partial charge is 0.309 e. The molecule has 6 aromatic carbocycles. The van der Waals surface area contributed by atoms with E-state index in [1.807, 2.05) is 18.2 Å². The maximum absolute atomic E-state index is 10.1. The molecule has 4 heteroatoms. The molecule has 0 saturated heterocycles. The number of fused-ring (bicyclic) bond motifs is 6. The average molecular weight is 647 g/mol. The lowest BCUT2D eigenvalue weighted by Crippen LogP contribution is -2.10. The van der Waals surface area contributed by atoms with Gasteiger partial charge in [-0.15, -0.1) is 0 Å². The molecule has 0 aliphatic heterocycles. The molecule has 0 atom stereocenters. The van der Waals surface area contributed by atoms with E-state index in [2.05, 4.69) is 159 Å². The molecule has 0 aliphatic rings. The van der Waals surface area contributed by atoms with Crippen molar-refractivity contribution in [3.05, 3.63) is 149 Å². The number of benzene rings is 6. The molecule has 0 bridgehead atoms. The minimum absolute atomic E-state index is 0.0180. The van der Waals surface area contributed by atoms with Gasteiger partial charge in [-0.1, -0.05) is 108 Å². The lowest BCUT2D eigenvalue weighted by molar-refractivity contribution is 0.590. The highest BCUT2D eigenvalue weighted by molar-refractivity contribution is 6.14. The van der Waals surface area contributed by atoms with E-state index in [0.29, 0.717) is 11.3 Å². The van der Waals surface area contributed by atoms with E-state index in [0.717, 1.165) is 55.3 Å². The fraction of sp³-hybridized carbons (Fsp3) is 0.174. The Morgan fingerprint density at radius 1 is 0.540 bits per heavy atom. The lowest BCUT2D eigenvalue weighted by Gasteiger charge is -2.20. The SMILES string of the molecule is [C-]#[N+]c1c(C#N)cccc1-c1cc2c(cc1-n1c3ccc(C(C)(C)C)cc3c3cc(C(C)(C)C)ccc31)c1ccccc1n2-c1ccccc1. The molecule has 0 aliphatic carbocycles. The number of nitriles is 1. The maximum Gasteiger partial charge on any atom is 0.212 e. The molecule has 0 fully saturated rings. The summed E-state index contributed by atoms with van der Waals surface area (Å²) < 4.78 is 4.68. The fourth-order valence-electron chi connectivity index (χ4n) is 7.45. The zero-order chi connectivity index (χ0) is 34.9. The van der Waals surface area contributed by atoms with Gasteiger partial charge in [0.05, 0.1) is 46.0 Å². The molecule has 8 rings (SSSR count). The Morgan fingerprint density at radius 2 is 1.12 bits per heavy atom. The van der Waals surface area contributed by atoms with E-state index in [1.54, 1.807) is 6.07 Å². The summed E-state index contributed by atoms with van der Waals surface area (Å²) in [5.41, 5.74) is 11.3. The second kappa shape index (κ2) is 11.2. The van der Waals surface area contributed by atoms with E-state index >= 15 is 0 Å². The van der Waals surface area contributed by atoms with Crippen molar-refractivity contribution in [1.29, 1.82) is 5.26 Å². The first-order chi connectivity index (χ1) is 24.0. The molecule has 4 nitrogen and oxygen atoms in total. The van der Waals surface area contributed by atoms with Crippen LogP contribution < -0.4 is 0 Å². The molecular weight excluding hydrogens is 609 g/mol. The molecular formula is C46H38N4. The van der Waals surface area contributed by atoms with Gasteiger partial charge in [-0.25, -0.2) is 4.85 Å². The van der Waals surface area contributed by atoms with Crippen molar-refractivity contribution in [2.24, 2.45) is 0 Å². The van der Waals surface area contributed by atoms with E-state index in [9.17, 15) is 5.26 Å². The van der Waals surface area contributed by atoms with Crippen molar-refractivity contribution in [3.8, 4) is 28.6 Å². The first kappa shape index (κ1) is 31.2. The van der Waals surface area contributed by atoms with Crippen molar-refractivity contribution in [3.63, 3.8) is 0 Å². The number of hydrogen-bond donors (Lipinski definition) is 0. The monoisotopic (exact) mass is 646 g/mol. The molecule has 0 saturated carbocycles. The van der Waals surface area contributed by atoms with Crippen LogP contribution in [-0.2, 0) is 10.8 Å². The van der Waals surface area contributed by atoms with Crippen LogP contribution in [0.3, 0.4) is 0 Å². The standard InChI is InChI=1S/C46H38N4/c1-45(2,3)30-20-22-40-35(24-30)36-25-31(46(4,5)6)21-23-41(36)50(40)43-26-37-33-17-11-12-19-39(33)49(32-15-9-8-10-16-32)42(37)27-38(43)34-18-13-14-29(28-47)44(34)48-7/h8-27H,1-6H3. The van der Waals surface area contributed by atoms with Gasteiger partial charge in [0.2, 0.25) is 5.69 Å². The number of nitrogens with zero attached hydrogens (tertiary/aromatic N) is 4. The summed E-state index contributed by atoms with van der Waals surface area (Å²) in [6.07, 6.45) is 0. The minimum Gasteiger partial charge on any atom is -0.309 e. The summed E-state index contributed by atoms with van der Waals surface area (Å²) in [4.78, 5) is 3.96. The first-order valence-electron chi connectivity index (χ1n) is 17.1. The zero-order valence-electron chi connectivity index (χ0n) is 29.3. The summed E-state index contributed by atoms with van der Waals surface area (Å²) >= 11 is 0. The third-order valence-electron chi connectivity index (χ3n) is 10.1. The van der Waals surface area contributed by atoms with E-state index in [4.69, 9.17) is 6.57 Å². The Kier molecular flexibility index (Phi) is 7.00. The third-order valence-corrected chi connectivity index (χ3v) is 10.1. The van der Waals surface area contributed by atoms with Gasteiger partial charge in [-0.3, -0.25) is 0 Å². The molecule has 0 unspecified atom stereocenters. The van der Waals surface area contributed by atoms with Crippen LogP contribution in [0.4, 0.5) is 5.69 Å². The van der Waals surface area contributed by atoms with Crippen LogP contribution in [0.1, 0.15) is 58.2 Å². The van der Waals surface area contributed by atoms with Gasteiger partial charge in [0, 0.05) is 27.2 Å². The molecule has 2 heterocycles. The van der Waals surface area contributed by atoms with Crippen molar-refractivity contribution in [2.75, 3.05) is 0 Å². The molecule has 242 valence electrons. The van der Waals surface area contributed by atoms with Crippen LogP contribution in [0.15, 0.2) is 121 Å². The summed E-state index contributed by atoms with van der Waals surface area (Å²) in [6.45, 7) is 21.8. The minimum atomic E-state index is -0.0180. The van der Waals surface area contributed by atoms with Crippen molar-refractivity contribution in [1.82, 2.24) is 9.13 Å². The van der Waals surface area contributed by atoms with Crippen LogP contribution >= 0.6 is 0 Å². The molecule has 50 heavy (non-hydrogen) atoms. The van der Waals surface area contributed by atoms with Crippen molar-refractivity contribution in [2.45, 2.75) is 52.4 Å². The average Bonchev–Trinajstić information content (AvgIpc) is 3.61. The number of hydrogen-bond acceptors (Lipinski definition) is 1. The second-order valence-electron chi connectivity index (χ2n) is 15.3. The summed E-state index contributed by atoms with van der Waals surface area (Å²) in [6, 6.07) is 45.1. The van der Waals surface area contributed by atoms with Gasteiger partial charge in [0.15, 0.2) is 0 Å². The van der Waals surface area contributed by atoms with Gasteiger partial charge in [-0.05, 0) is 87.7 Å². The number of aromatic nitrogens is 2. The Labute approximate surface area is 293 Å². The highest BCUT2D eigenvalue weighted by Crippen LogP contribution is 2.45. The van der Waals surface area contributed by atoms with Crippen molar-refractivity contribution < 1.29 is 0 Å². The molecule has 8 aromatic rings. The van der Waals surface area contributed by atoms with Crippen LogP contribution in [0, 0.1) is 17.9 Å². The van der Waals surface area contributed by atoms with Gasteiger partial charge in [0.25, 0.3) is 0 Å². The van der Waals surface area contributed by atoms with Crippen molar-refractivity contribution >= 4 is 49.3 Å². The Balaban J connectivity index is 1.58. The number of para-hydroxylation sites is 3. The molecule has 0 radical (unpaired) electrons. The number of rotatable bonds is 3. The normalized spacial score (nSPS) is 12.2. The van der Waals surface area contributed by atoms with Crippen LogP contribution in [0.5, 0.6) is 0 Å². The van der Waals surface area contributed by atoms with Crippen LogP contribution in [0.25, 0.3) is 71.0 Å². The second-order valence-corrected chi connectivity index (χ2v) is 15.3. The molecule has 0 spiro atoms. The van der Waals surface area contributed by atoms with Crippen LogP contribution in [-0.4, -0.2) is 9.13 Å². The summed E-state index contributed by atoms with van der Waals surface area (Å²) in [5, 5.41) is 14.8.